The van der Waals surface area contributed by atoms with Crippen LogP contribution >= 0.6 is 11.6 Å². The lowest BCUT2D eigenvalue weighted by Crippen LogP contribution is -2.25. The summed E-state index contributed by atoms with van der Waals surface area (Å²) in [6.45, 7) is 7.79. The Kier molecular flexibility index (Phi) is 5.29. The fourth-order valence-electron chi connectivity index (χ4n) is 2.27. The van der Waals surface area contributed by atoms with Gasteiger partial charge in [0.05, 0.1) is 18.5 Å². The number of allylic oxidation sites excluding steroid dienone is 5. The first kappa shape index (κ1) is 16.9. The summed E-state index contributed by atoms with van der Waals surface area (Å²) in [4.78, 5) is 0. The molecule has 23 heavy (non-hydrogen) atoms. The molecule has 0 fully saturated rings. The van der Waals surface area contributed by atoms with Gasteiger partial charge in [0.15, 0.2) is 0 Å². The molecule has 1 heterocycles. The Morgan fingerprint density at radius 1 is 1.30 bits per heavy atom. The Balaban J connectivity index is 2.30. The monoisotopic (exact) mass is 329 g/mol. The molecule has 1 aromatic carbocycles. The highest BCUT2D eigenvalue weighted by Crippen LogP contribution is 2.27. The molecule has 2 rings (SSSR count). The summed E-state index contributed by atoms with van der Waals surface area (Å²) in [6, 6.07) is 7.57. The maximum Gasteiger partial charge on any atom is 0.137 e. The number of halogens is 1. The van der Waals surface area contributed by atoms with E-state index in [4.69, 9.17) is 22.1 Å². The van der Waals surface area contributed by atoms with Crippen molar-refractivity contribution in [2.75, 3.05) is 7.11 Å². The van der Waals surface area contributed by atoms with Crippen LogP contribution in [0.5, 0.6) is 0 Å². The minimum Gasteiger partial charge on any atom is -0.495 e. The van der Waals surface area contributed by atoms with E-state index in [2.05, 4.69) is 11.7 Å². The topological polar surface area (TPSA) is 50.8 Å². The van der Waals surface area contributed by atoms with Gasteiger partial charge in [0.25, 0.3) is 0 Å². The number of hydrogen-bond acceptors (Lipinski definition) is 4. The summed E-state index contributed by atoms with van der Waals surface area (Å²) >= 11 is 5.93. The van der Waals surface area contributed by atoms with Crippen LogP contribution in [0, 0.1) is 0 Å². The highest BCUT2D eigenvalue weighted by molar-refractivity contribution is 6.30. The molecule has 0 unspecified atom stereocenters. The lowest BCUT2D eigenvalue weighted by molar-refractivity contribution is 0.311. The van der Waals surface area contributed by atoms with Gasteiger partial charge in [-0.25, -0.2) is 5.01 Å². The molecule has 5 heteroatoms. The normalized spacial score (nSPS) is 16.2. The van der Waals surface area contributed by atoms with Crippen molar-refractivity contribution in [3.05, 3.63) is 76.9 Å². The number of rotatable bonds is 4. The molecule has 4 nitrogen and oxygen atoms in total. The third kappa shape index (κ3) is 3.85. The summed E-state index contributed by atoms with van der Waals surface area (Å²) in [6.07, 6.45) is 5.63. The van der Waals surface area contributed by atoms with Gasteiger partial charge in [-0.05, 0) is 55.3 Å². The Labute approximate surface area is 141 Å². The second-order valence-electron chi connectivity index (χ2n) is 5.02. The van der Waals surface area contributed by atoms with E-state index in [1.807, 2.05) is 56.3 Å². The molecule has 0 aromatic heterocycles. The molecule has 0 spiro atoms. The maximum absolute atomic E-state index is 6.15. The van der Waals surface area contributed by atoms with Gasteiger partial charge in [-0.3, -0.25) is 0 Å². The van der Waals surface area contributed by atoms with Gasteiger partial charge in [0.1, 0.15) is 11.6 Å². The van der Waals surface area contributed by atoms with Gasteiger partial charge in [-0.15, -0.1) is 0 Å². The van der Waals surface area contributed by atoms with Gasteiger partial charge in [0.2, 0.25) is 0 Å². The SMILES string of the molecule is C=C1C=C(c2ccc(Cl)cc2)C=C(N)N1/N=C(C)/C(=C/C)OC. The molecule has 0 amide bonds. The average Bonchev–Trinajstić information content (AvgIpc) is 2.52. The minimum absolute atomic E-state index is 0.494. The van der Waals surface area contributed by atoms with Gasteiger partial charge >= 0.3 is 0 Å². The molecule has 0 aliphatic carbocycles. The Bertz CT molecular complexity index is 727. The molecule has 1 aliphatic rings. The summed E-state index contributed by atoms with van der Waals surface area (Å²) in [5.74, 6) is 1.19. The van der Waals surface area contributed by atoms with Crippen molar-refractivity contribution in [2.24, 2.45) is 10.8 Å². The molecule has 1 aromatic rings. The predicted octanol–water partition coefficient (Wildman–Crippen LogP) is 4.28. The third-order valence-electron chi connectivity index (χ3n) is 3.41. The van der Waals surface area contributed by atoms with Crippen molar-refractivity contribution >= 4 is 22.9 Å². The van der Waals surface area contributed by atoms with Crippen LogP contribution in [-0.2, 0) is 4.74 Å². The molecule has 0 saturated heterocycles. The third-order valence-corrected chi connectivity index (χ3v) is 3.66. The number of nitrogens with two attached hydrogens (primary N) is 1. The van der Waals surface area contributed by atoms with Gasteiger partial charge in [0, 0.05) is 5.02 Å². The highest BCUT2D eigenvalue weighted by atomic mass is 35.5. The summed E-state index contributed by atoms with van der Waals surface area (Å²) < 4.78 is 5.26. The first-order chi connectivity index (χ1) is 11.0. The molecular formula is C18H20ClN3O. The Morgan fingerprint density at radius 3 is 2.48 bits per heavy atom. The van der Waals surface area contributed by atoms with Crippen LogP contribution in [0.1, 0.15) is 19.4 Å². The average molecular weight is 330 g/mol. The van der Waals surface area contributed by atoms with Crippen molar-refractivity contribution in [1.29, 1.82) is 0 Å². The Hall–Kier alpha value is -2.46. The number of nitrogens with zero attached hydrogens (tertiary/aromatic N) is 2. The molecule has 1 aliphatic heterocycles. The number of methoxy groups -OCH3 is 1. The lowest BCUT2D eigenvalue weighted by Gasteiger charge is -2.25. The fourth-order valence-corrected chi connectivity index (χ4v) is 2.40. The smallest absolute Gasteiger partial charge is 0.137 e. The largest absolute Gasteiger partial charge is 0.495 e. The quantitative estimate of drug-likeness (QED) is 0.662. The van der Waals surface area contributed by atoms with Crippen LogP contribution in [-0.4, -0.2) is 17.8 Å². The molecule has 120 valence electrons. The van der Waals surface area contributed by atoms with Gasteiger partial charge < -0.3 is 10.5 Å². The van der Waals surface area contributed by atoms with Gasteiger partial charge in [-0.2, -0.15) is 5.10 Å². The molecule has 0 atom stereocenters. The standard InChI is InChI=1S/C18H20ClN3O/c1-5-17(23-4)13(3)21-22-12(2)10-15(11-18(22)20)14-6-8-16(19)9-7-14/h5-11H,2,20H2,1,3-4H3/b17-5-,21-13+. The van der Waals surface area contributed by atoms with Crippen molar-refractivity contribution in [3.8, 4) is 0 Å². The van der Waals surface area contributed by atoms with Gasteiger partial charge in [-0.1, -0.05) is 30.3 Å². The molecule has 2 N–H and O–H groups in total. The van der Waals surface area contributed by atoms with Crippen molar-refractivity contribution in [3.63, 3.8) is 0 Å². The van der Waals surface area contributed by atoms with Crippen molar-refractivity contribution in [1.82, 2.24) is 5.01 Å². The van der Waals surface area contributed by atoms with Crippen LogP contribution in [0.3, 0.4) is 0 Å². The zero-order valence-corrected chi connectivity index (χ0v) is 14.3. The van der Waals surface area contributed by atoms with Crippen LogP contribution < -0.4 is 5.73 Å². The van der Waals surface area contributed by atoms with Crippen LogP contribution in [0.2, 0.25) is 5.02 Å². The molecular weight excluding hydrogens is 310 g/mol. The van der Waals surface area contributed by atoms with E-state index in [0.29, 0.717) is 22.3 Å². The van der Waals surface area contributed by atoms with E-state index in [-0.39, 0.29) is 0 Å². The Morgan fingerprint density at radius 2 is 1.96 bits per heavy atom. The van der Waals surface area contributed by atoms with E-state index in [0.717, 1.165) is 16.8 Å². The van der Waals surface area contributed by atoms with Crippen molar-refractivity contribution in [2.45, 2.75) is 13.8 Å². The lowest BCUT2D eigenvalue weighted by atomic mass is 10.0. The first-order valence-electron chi connectivity index (χ1n) is 7.16. The molecule has 0 saturated carbocycles. The van der Waals surface area contributed by atoms with E-state index < -0.39 is 0 Å². The molecule has 0 bridgehead atoms. The number of ether oxygens (including phenoxy) is 1. The zero-order chi connectivity index (χ0) is 17.0. The van der Waals surface area contributed by atoms with Crippen LogP contribution in [0.15, 0.2) is 71.5 Å². The highest BCUT2D eigenvalue weighted by Gasteiger charge is 2.16. The van der Waals surface area contributed by atoms with E-state index in [1.54, 1.807) is 12.1 Å². The summed E-state index contributed by atoms with van der Waals surface area (Å²) in [5.41, 5.74) is 9.53. The minimum atomic E-state index is 0.494. The van der Waals surface area contributed by atoms with E-state index in [1.165, 1.54) is 0 Å². The number of hydrogen-bond donors (Lipinski definition) is 1. The number of hydrazone groups is 1. The molecule has 0 radical (unpaired) electrons. The first-order valence-corrected chi connectivity index (χ1v) is 7.53. The zero-order valence-electron chi connectivity index (χ0n) is 13.5. The van der Waals surface area contributed by atoms with Crippen molar-refractivity contribution < 1.29 is 4.74 Å². The predicted molar refractivity (Wildman–Crippen MR) is 96.6 cm³/mol. The maximum atomic E-state index is 6.15. The van der Waals surface area contributed by atoms with E-state index in [9.17, 15) is 0 Å². The second kappa shape index (κ2) is 7.20. The fraction of sp³-hybridized carbons (Fsp3) is 0.167. The number of benzene rings is 1. The second-order valence-corrected chi connectivity index (χ2v) is 5.46. The summed E-state index contributed by atoms with van der Waals surface area (Å²) in [5, 5.41) is 6.77. The van der Waals surface area contributed by atoms with E-state index >= 15 is 0 Å². The van der Waals surface area contributed by atoms with Crippen LogP contribution in [0.4, 0.5) is 0 Å². The summed E-state index contributed by atoms with van der Waals surface area (Å²) in [7, 11) is 1.61. The van der Waals surface area contributed by atoms with Crippen LogP contribution in [0.25, 0.3) is 5.57 Å².